The molecule has 5 heteroatoms. The van der Waals surface area contributed by atoms with Gasteiger partial charge in [0.05, 0.1) is 0 Å². The monoisotopic (exact) mass is 254 g/mol. The van der Waals surface area contributed by atoms with E-state index in [1.54, 1.807) is 0 Å². The molecule has 0 amide bonds. The zero-order valence-corrected chi connectivity index (χ0v) is 12.0. The molecule has 1 unspecified atom stereocenters. The number of anilines is 1. The van der Waals surface area contributed by atoms with E-state index in [2.05, 4.69) is 40.3 Å². The van der Waals surface area contributed by atoms with E-state index in [0.717, 1.165) is 24.0 Å². The molecule has 0 radical (unpaired) electrons. The third-order valence-electron chi connectivity index (χ3n) is 3.19. The maximum Gasteiger partial charge on any atom is 0.205 e. The average molecular weight is 254 g/mol. The molecule has 0 aromatic carbocycles. The number of aromatic nitrogens is 2. The van der Waals surface area contributed by atoms with Crippen LogP contribution in [0.2, 0.25) is 0 Å². The molecule has 4 nitrogen and oxygen atoms in total. The SMILES string of the molecule is CNC1CCCN(c2nc(C(C)(C)C)ns2)C1. The lowest BCUT2D eigenvalue weighted by atomic mass is 9.96. The van der Waals surface area contributed by atoms with E-state index in [9.17, 15) is 0 Å². The Hall–Kier alpha value is -0.680. The summed E-state index contributed by atoms with van der Waals surface area (Å²) >= 11 is 1.53. The Morgan fingerprint density at radius 1 is 1.41 bits per heavy atom. The van der Waals surface area contributed by atoms with Crippen LogP contribution in [0.25, 0.3) is 0 Å². The predicted molar refractivity (Wildman–Crippen MR) is 72.9 cm³/mol. The molecule has 2 heterocycles. The third kappa shape index (κ3) is 2.96. The quantitative estimate of drug-likeness (QED) is 0.876. The first-order valence-electron chi connectivity index (χ1n) is 6.27. The van der Waals surface area contributed by atoms with E-state index < -0.39 is 0 Å². The smallest absolute Gasteiger partial charge is 0.205 e. The van der Waals surface area contributed by atoms with Crippen LogP contribution in [-0.2, 0) is 5.41 Å². The van der Waals surface area contributed by atoms with Gasteiger partial charge in [0.25, 0.3) is 0 Å². The minimum absolute atomic E-state index is 0.0486. The predicted octanol–water partition coefficient (Wildman–Crippen LogP) is 2.02. The lowest BCUT2D eigenvalue weighted by molar-refractivity contribution is 0.448. The second kappa shape index (κ2) is 4.90. The van der Waals surface area contributed by atoms with E-state index in [-0.39, 0.29) is 5.41 Å². The van der Waals surface area contributed by atoms with Crippen LogP contribution < -0.4 is 10.2 Å². The summed E-state index contributed by atoms with van der Waals surface area (Å²) in [5.74, 6) is 0.962. The van der Waals surface area contributed by atoms with Crippen LogP contribution in [0.15, 0.2) is 0 Å². The van der Waals surface area contributed by atoms with E-state index in [0.29, 0.717) is 6.04 Å². The van der Waals surface area contributed by atoms with Crippen molar-refractivity contribution in [3.8, 4) is 0 Å². The van der Waals surface area contributed by atoms with Gasteiger partial charge in [0.15, 0.2) is 0 Å². The van der Waals surface area contributed by atoms with Gasteiger partial charge in [-0.25, -0.2) is 4.98 Å². The van der Waals surface area contributed by atoms with Crippen LogP contribution >= 0.6 is 11.5 Å². The Balaban J connectivity index is 2.09. The topological polar surface area (TPSA) is 41.0 Å². The lowest BCUT2D eigenvalue weighted by Gasteiger charge is -2.32. The molecule has 0 aliphatic carbocycles. The molecular weight excluding hydrogens is 232 g/mol. The van der Waals surface area contributed by atoms with E-state index in [1.165, 1.54) is 24.4 Å². The first-order chi connectivity index (χ1) is 8.00. The molecule has 1 aliphatic heterocycles. The van der Waals surface area contributed by atoms with Gasteiger partial charge in [-0.1, -0.05) is 20.8 Å². The molecule has 17 heavy (non-hydrogen) atoms. The van der Waals surface area contributed by atoms with Crippen molar-refractivity contribution in [1.82, 2.24) is 14.7 Å². The van der Waals surface area contributed by atoms with Crippen molar-refractivity contribution in [2.24, 2.45) is 0 Å². The molecule has 2 rings (SSSR count). The van der Waals surface area contributed by atoms with Crippen molar-refractivity contribution in [3.63, 3.8) is 0 Å². The van der Waals surface area contributed by atoms with Gasteiger partial charge in [0.1, 0.15) is 5.82 Å². The van der Waals surface area contributed by atoms with Crippen LogP contribution in [0.5, 0.6) is 0 Å². The van der Waals surface area contributed by atoms with Gasteiger partial charge in [-0.15, -0.1) is 0 Å². The summed E-state index contributed by atoms with van der Waals surface area (Å²) in [5.41, 5.74) is 0.0486. The molecule has 0 spiro atoms. The first kappa shape index (κ1) is 12.8. The molecule has 1 atom stereocenters. The van der Waals surface area contributed by atoms with Gasteiger partial charge in [-0.2, -0.15) is 4.37 Å². The van der Waals surface area contributed by atoms with Crippen molar-refractivity contribution >= 4 is 16.7 Å². The summed E-state index contributed by atoms with van der Waals surface area (Å²) < 4.78 is 4.48. The Morgan fingerprint density at radius 2 is 2.18 bits per heavy atom. The fraction of sp³-hybridized carbons (Fsp3) is 0.833. The first-order valence-corrected chi connectivity index (χ1v) is 7.04. The number of rotatable bonds is 2. The number of hydrogen-bond donors (Lipinski definition) is 1. The van der Waals surface area contributed by atoms with Gasteiger partial charge >= 0.3 is 0 Å². The van der Waals surface area contributed by atoms with Crippen LogP contribution in [-0.4, -0.2) is 35.5 Å². The van der Waals surface area contributed by atoms with E-state index >= 15 is 0 Å². The highest BCUT2D eigenvalue weighted by Gasteiger charge is 2.24. The molecule has 1 aromatic rings. The van der Waals surface area contributed by atoms with Crippen molar-refractivity contribution in [3.05, 3.63) is 5.82 Å². The third-order valence-corrected chi connectivity index (χ3v) is 3.96. The summed E-state index contributed by atoms with van der Waals surface area (Å²) in [6.07, 6.45) is 2.49. The number of nitrogens with one attached hydrogen (secondary N) is 1. The van der Waals surface area contributed by atoms with Crippen molar-refractivity contribution in [1.29, 1.82) is 0 Å². The van der Waals surface area contributed by atoms with Crippen molar-refractivity contribution in [2.45, 2.75) is 45.1 Å². The minimum atomic E-state index is 0.0486. The fourth-order valence-corrected chi connectivity index (χ4v) is 2.93. The van der Waals surface area contributed by atoms with Gasteiger partial charge in [0, 0.05) is 36.1 Å². The Kier molecular flexibility index (Phi) is 3.68. The summed E-state index contributed by atoms with van der Waals surface area (Å²) in [6, 6.07) is 0.589. The van der Waals surface area contributed by atoms with E-state index in [4.69, 9.17) is 0 Å². The number of nitrogens with zero attached hydrogens (tertiary/aromatic N) is 3. The fourth-order valence-electron chi connectivity index (χ4n) is 2.04. The molecule has 1 N–H and O–H groups in total. The lowest BCUT2D eigenvalue weighted by Crippen LogP contribution is -2.44. The van der Waals surface area contributed by atoms with Crippen LogP contribution in [0.3, 0.4) is 0 Å². The Bertz CT molecular complexity index is 369. The zero-order chi connectivity index (χ0) is 12.5. The number of hydrogen-bond acceptors (Lipinski definition) is 5. The second-order valence-electron chi connectivity index (χ2n) is 5.72. The maximum absolute atomic E-state index is 4.68. The molecule has 1 saturated heterocycles. The molecule has 96 valence electrons. The van der Waals surface area contributed by atoms with Gasteiger partial charge in [0.2, 0.25) is 5.13 Å². The zero-order valence-electron chi connectivity index (χ0n) is 11.2. The van der Waals surface area contributed by atoms with Crippen LogP contribution in [0.4, 0.5) is 5.13 Å². The minimum Gasteiger partial charge on any atom is -0.345 e. The summed E-state index contributed by atoms with van der Waals surface area (Å²) in [5, 5.41) is 4.43. The molecule has 1 aliphatic rings. The standard InChI is InChI=1S/C12H22N4S/c1-12(2,3)10-14-11(17-15-10)16-7-5-6-9(8-16)13-4/h9,13H,5-8H2,1-4H3. The van der Waals surface area contributed by atoms with Gasteiger partial charge in [-0.3, -0.25) is 0 Å². The molecule has 0 saturated carbocycles. The number of likely N-dealkylation sites (N-methyl/N-ethyl adjacent to an activating group) is 1. The highest BCUT2D eigenvalue weighted by molar-refractivity contribution is 7.09. The summed E-state index contributed by atoms with van der Waals surface area (Å²) in [4.78, 5) is 7.04. The molecular formula is C12H22N4S. The highest BCUT2D eigenvalue weighted by Crippen LogP contribution is 2.27. The van der Waals surface area contributed by atoms with Crippen LogP contribution in [0.1, 0.15) is 39.4 Å². The normalized spacial score (nSPS) is 21.9. The summed E-state index contributed by atoms with van der Waals surface area (Å²) in [6.45, 7) is 8.63. The number of piperidine rings is 1. The Morgan fingerprint density at radius 3 is 2.76 bits per heavy atom. The average Bonchev–Trinajstić information content (AvgIpc) is 2.78. The second-order valence-corrected chi connectivity index (χ2v) is 6.45. The largest absolute Gasteiger partial charge is 0.345 e. The van der Waals surface area contributed by atoms with Gasteiger partial charge in [-0.05, 0) is 19.9 Å². The molecule has 1 fully saturated rings. The van der Waals surface area contributed by atoms with E-state index in [1.807, 2.05) is 7.05 Å². The van der Waals surface area contributed by atoms with Crippen molar-refractivity contribution < 1.29 is 0 Å². The summed E-state index contributed by atoms with van der Waals surface area (Å²) in [7, 11) is 2.04. The highest BCUT2D eigenvalue weighted by atomic mass is 32.1. The van der Waals surface area contributed by atoms with Crippen molar-refractivity contribution in [2.75, 3.05) is 25.0 Å². The maximum atomic E-state index is 4.68. The molecule has 0 bridgehead atoms. The molecule has 1 aromatic heterocycles. The van der Waals surface area contributed by atoms with Gasteiger partial charge < -0.3 is 10.2 Å². The van der Waals surface area contributed by atoms with Crippen LogP contribution in [0, 0.1) is 0 Å². The Labute approximate surface area is 108 Å².